The maximum atomic E-state index is 13.1. The van der Waals surface area contributed by atoms with Crippen molar-refractivity contribution >= 4 is 45.8 Å². The Morgan fingerprint density at radius 1 is 1.23 bits per heavy atom. The Kier molecular flexibility index (Phi) is 7.55. The molecule has 0 bridgehead atoms. The number of alkyl halides is 3. The topological polar surface area (TPSA) is 130 Å². The molecule has 13 heteroatoms. The summed E-state index contributed by atoms with van der Waals surface area (Å²) in [6.45, 7) is 6.71. The second-order valence-electron chi connectivity index (χ2n) is 7.20. The average molecular weight is 506 g/mol. The highest BCUT2D eigenvalue weighted by atomic mass is 35.5. The van der Waals surface area contributed by atoms with E-state index in [1.165, 1.54) is 24.5 Å². The number of carbonyl (C=O) groups is 2. The van der Waals surface area contributed by atoms with Crippen LogP contribution in [0.4, 0.5) is 24.7 Å². The summed E-state index contributed by atoms with van der Waals surface area (Å²) in [5, 5.41) is 9.48. The number of aromatic nitrogens is 4. The molecule has 4 N–H and O–H groups in total. The summed E-state index contributed by atoms with van der Waals surface area (Å²) in [5.74, 6) is -1.88. The summed E-state index contributed by atoms with van der Waals surface area (Å²) < 4.78 is 38.6. The van der Waals surface area contributed by atoms with Crippen molar-refractivity contribution in [2.45, 2.75) is 12.7 Å². The standard InChI is InChI=1S/C22H19ClF3N7O2/c1-3-4-13(12(2)23)10-33(11-15-6-5-14(7-28-15)22(24,25)26)21(35)20(34)31-17-9-29-19(27)16-8-30-32-18(16)17/h3-9H,1-2,10-11H2,(H2,27,29)(H,30,32)(H,31,34)/b13-4-. The molecular formula is C22H19ClF3N7O2. The number of carbonyl (C=O) groups excluding carboxylic acids is 2. The van der Waals surface area contributed by atoms with Crippen molar-refractivity contribution < 1.29 is 22.8 Å². The first kappa shape index (κ1) is 25.4. The number of anilines is 2. The zero-order chi connectivity index (χ0) is 25.8. The molecule has 0 spiro atoms. The highest BCUT2D eigenvalue weighted by molar-refractivity contribution is 6.40. The Hall–Kier alpha value is -4.19. The number of hydrogen-bond acceptors (Lipinski definition) is 6. The van der Waals surface area contributed by atoms with E-state index in [-0.39, 0.29) is 35.3 Å². The van der Waals surface area contributed by atoms with Crippen LogP contribution in [0, 0.1) is 0 Å². The number of nitrogen functional groups attached to an aromatic ring is 1. The smallest absolute Gasteiger partial charge is 0.383 e. The van der Waals surface area contributed by atoms with E-state index in [1.54, 1.807) is 0 Å². The van der Waals surface area contributed by atoms with Crippen molar-refractivity contribution in [3.8, 4) is 0 Å². The number of allylic oxidation sites excluding steroid dienone is 2. The van der Waals surface area contributed by atoms with E-state index in [0.29, 0.717) is 22.7 Å². The number of nitrogens with one attached hydrogen (secondary N) is 2. The van der Waals surface area contributed by atoms with Crippen LogP contribution in [0.15, 0.2) is 66.6 Å². The summed E-state index contributed by atoms with van der Waals surface area (Å²) in [6.07, 6.45) is 1.65. The molecule has 3 heterocycles. The summed E-state index contributed by atoms with van der Waals surface area (Å²) in [6, 6.07) is 1.95. The van der Waals surface area contributed by atoms with Crippen LogP contribution < -0.4 is 11.1 Å². The van der Waals surface area contributed by atoms with Gasteiger partial charge in [0.05, 0.1) is 46.8 Å². The van der Waals surface area contributed by atoms with Gasteiger partial charge in [0, 0.05) is 17.8 Å². The van der Waals surface area contributed by atoms with Crippen molar-refractivity contribution in [2.75, 3.05) is 17.6 Å². The van der Waals surface area contributed by atoms with E-state index in [2.05, 4.69) is 38.6 Å². The molecule has 3 aromatic rings. The van der Waals surface area contributed by atoms with Crippen LogP contribution in [-0.4, -0.2) is 43.4 Å². The number of H-pyrrole nitrogens is 1. The summed E-state index contributed by atoms with van der Waals surface area (Å²) >= 11 is 6.00. The average Bonchev–Trinajstić information content (AvgIpc) is 3.30. The molecule has 9 nitrogen and oxygen atoms in total. The van der Waals surface area contributed by atoms with Gasteiger partial charge in [0.1, 0.15) is 5.82 Å². The lowest BCUT2D eigenvalue weighted by Gasteiger charge is -2.23. The Bertz CT molecular complexity index is 1320. The monoisotopic (exact) mass is 505 g/mol. The van der Waals surface area contributed by atoms with Gasteiger partial charge >= 0.3 is 18.0 Å². The van der Waals surface area contributed by atoms with E-state index >= 15 is 0 Å². The number of aromatic amines is 1. The minimum absolute atomic E-state index is 0.0883. The predicted octanol–water partition coefficient (Wildman–Crippen LogP) is 3.79. The van der Waals surface area contributed by atoms with Gasteiger partial charge in [0.15, 0.2) is 0 Å². The second kappa shape index (κ2) is 10.4. The number of halogens is 4. The lowest BCUT2D eigenvalue weighted by atomic mass is 10.2. The minimum Gasteiger partial charge on any atom is -0.383 e. The van der Waals surface area contributed by atoms with Crippen molar-refractivity contribution in [3.05, 3.63) is 77.9 Å². The van der Waals surface area contributed by atoms with E-state index in [1.807, 2.05) is 0 Å². The fourth-order valence-electron chi connectivity index (χ4n) is 3.03. The zero-order valence-electron chi connectivity index (χ0n) is 18.1. The van der Waals surface area contributed by atoms with Crippen LogP contribution in [0.2, 0.25) is 0 Å². The quantitative estimate of drug-likeness (QED) is 0.331. The van der Waals surface area contributed by atoms with Crippen LogP contribution in [-0.2, 0) is 22.3 Å². The number of pyridine rings is 2. The van der Waals surface area contributed by atoms with E-state index < -0.39 is 23.6 Å². The first-order valence-corrected chi connectivity index (χ1v) is 10.2. The molecule has 3 rings (SSSR count). The SMILES string of the molecule is C=C/C=C(/CN(Cc1ccc(C(F)(F)F)cn1)C(=O)C(=O)Nc1cnc(N)c2cn[nH]c12)C(=C)Cl. The summed E-state index contributed by atoms with van der Waals surface area (Å²) in [7, 11) is 0. The van der Waals surface area contributed by atoms with Crippen LogP contribution in [0.5, 0.6) is 0 Å². The molecule has 0 unspecified atom stereocenters. The van der Waals surface area contributed by atoms with Gasteiger partial charge in [0.2, 0.25) is 0 Å². The first-order valence-electron chi connectivity index (χ1n) is 9.87. The molecular weight excluding hydrogens is 487 g/mol. The van der Waals surface area contributed by atoms with Crippen LogP contribution in [0.1, 0.15) is 11.3 Å². The van der Waals surface area contributed by atoms with Crippen LogP contribution in [0.3, 0.4) is 0 Å². The summed E-state index contributed by atoms with van der Waals surface area (Å²) in [4.78, 5) is 34.7. The number of nitrogens with two attached hydrogens (primary N) is 1. The van der Waals surface area contributed by atoms with E-state index in [9.17, 15) is 22.8 Å². The molecule has 3 aromatic heterocycles. The highest BCUT2D eigenvalue weighted by Crippen LogP contribution is 2.28. The Balaban J connectivity index is 1.88. The van der Waals surface area contributed by atoms with Crippen molar-refractivity contribution in [1.29, 1.82) is 0 Å². The maximum Gasteiger partial charge on any atom is 0.417 e. The number of amides is 2. The molecule has 0 fully saturated rings. The molecule has 2 amide bonds. The van der Waals surface area contributed by atoms with Gasteiger partial charge in [-0.15, -0.1) is 0 Å². The molecule has 0 saturated heterocycles. The maximum absolute atomic E-state index is 13.1. The van der Waals surface area contributed by atoms with E-state index in [4.69, 9.17) is 17.3 Å². The Morgan fingerprint density at radius 3 is 2.57 bits per heavy atom. The molecule has 35 heavy (non-hydrogen) atoms. The number of fused-ring (bicyclic) bond motifs is 1. The molecule has 0 radical (unpaired) electrons. The number of hydrogen-bond donors (Lipinski definition) is 3. The van der Waals surface area contributed by atoms with Crippen molar-refractivity contribution in [1.82, 2.24) is 25.1 Å². The Morgan fingerprint density at radius 2 is 1.97 bits per heavy atom. The molecule has 0 aliphatic heterocycles. The third-order valence-electron chi connectivity index (χ3n) is 4.78. The zero-order valence-corrected chi connectivity index (χ0v) is 18.8. The predicted molar refractivity (Wildman–Crippen MR) is 125 cm³/mol. The molecule has 0 aliphatic rings. The first-order chi connectivity index (χ1) is 16.5. The number of rotatable bonds is 7. The van der Waals surface area contributed by atoms with Crippen LogP contribution in [0.25, 0.3) is 10.9 Å². The summed E-state index contributed by atoms with van der Waals surface area (Å²) in [5.41, 5.74) is 5.81. The third kappa shape index (κ3) is 6.03. The van der Waals surface area contributed by atoms with Gasteiger partial charge in [-0.05, 0) is 17.7 Å². The lowest BCUT2D eigenvalue weighted by Crippen LogP contribution is -2.40. The third-order valence-corrected chi connectivity index (χ3v) is 5.02. The van der Waals surface area contributed by atoms with Gasteiger partial charge < -0.3 is 16.0 Å². The van der Waals surface area contributed by atoms with Crippen LogP contribution >= 0.6 is 11.6 Å². The lowest BCUT2D eigenvalue weighted by molar-refractivity contribution is -0.143. The van der Waals surface area contributed by atoms with Gasteiger partial charge in [-0.1, -0.05) is 36.9 Å². The van der Waals surface area contributed by atoms with Crippen molar-refractivity contribution in [3.63, 3.8) is 0 Å². The highest BCUT2D eigenvalue weighted by Gasteiger charge is 2.31. The molecule has 0 aliphatic carbocycles. The van der Waals surface area contributed by atoms with Gasteiger partial charge in [-0.3, -0.25) is 19.7 Å². The van der Waals surface area contributed by atoms with Gasteiger partial charge in [-0.2, -0.15) is 18.3 Å². The van der Waals surface area contributed by atoms with E-state index in [0.717, 1.165) is 17.0 Å². The Labute approximate surface area is 202 Å². The molecule has 0 atom stereocenters. The van der Waals surface area contributed by atoms with Crippen molar-refractivity contribution in [2.24, 2.45) is 0 Å². The van der Waals surface area contributed by atoms with Gasteiger partial charge in [-0.25, -0.2) is 4.98 Å². The van der Waals surface area contributed by atoms with Gasteiger partial charge in [0.25, 0.3) is 0 Å². The minimum atomic E-state index is -4.57. The fraction of sp³-hybridized carbons (Fsp3) is 0.136. The fourth-order valence-corrected chi connectivity index (χ4v) is 3.15. The normalized spacial score (nSPS) is 11.8. The second-order valence-corrected chi connectivity index (χ2v) is 7.66. The number of nitrogens with zero attached hydrogens (tertiary/aromatic N) is 4. The molecule has 0 saturated carbocycles. The molecule has 0 aromatic carbocycles. The molecule has 182 valence electrons. The largest absolute Gasteiger partial charge is 0.417 e.